The number of aromatic hydroxyl groups is 1. The summed E-state index contributed by atoms with van der Waals surface area (Å²) in [6.07, 6.45) is 3.33. The first-order valence-corrected chi connectivity index (χ1v) is 36.5. The number of carboxylic acid groups (broad SMARTS) is 4. The Bertz CT molecular complexity index is 3730. The molecule has 110 heavy (non-hydrogen) atoms. The van der Waals surface area contributed by atoms with Crippen molar-refractivity contribution in [3.63, 3.8) is 0 Å². The van der Waals surface area contributed by atoms with Crippen LogP contribution in [-0.4, -0.2) is 288 Å². The number of guanidine groups is 1. The van der Waals surface area contributed by atoms with Crippen LogP contribution in [0, 0.1) is 11.8 Å². The predicted octanol–water partition coefficient (Wildman–Crippen LogP) is -2.99. The molecule has 0 spiro atoms. The number of phenols is 1. The zero-order chi connectivity index (χ0) is 81.0. The number of hydrogen-bond donors (Lipinski definition) is 19. The minimum absolute atomic E-state index is 0.00365. The molecule has 1 aliphatic heterocycles. The Balaban J connectivity index is 0.0000107. The van der Waals surface area contributed by atoms with E-state index in [1.54, 1.807) is 89.3 Å². The monoisotopic (exact) mass is 1560 g/mol. The molecule has 1 aromatic heterocycles. The number of phenolic OH excluding ortho intramolecular Hbond substituents is 1. The van der Waals surface area contributed by atoms with Crippen LogP contribution in [0.4, 0.5) is 3.52 Å². The summed E-state index contributed by atoms with van der Waals surface area (Å²) in [5.41, 5.74) is 13.3. The second-order valence-electron chi connectivity index (χ2n) is 27.5. The molecule has 3 aromatic carbocycles. The molecule has 600 valence electrons. The van der Waals surface area contributed by atoms with E-state index in [9.17, 15) is 102 Å². The number of nitrogens with one attached hydrogen (secondary N) is 10. The van der Waals surface area contributed by atoms with E-state index in [0.29, 0.717) is 40.4 Å². The van der Waals surface area contributed by atoms with Gasteiger partial charge in [-0.3, -0.25) is 77.2 Å². The number of aliphatic imine (C=N–C) groups is 1. The van der Waals surface area contributed by atoms with E-state index in [0.717, 1.165) is 36.0 Å². The van der Waals surface area contributed by atoms with Crippen LogP contribution in [0.25, 0.3) is 10.9 Å². The van der Waals surface area contributed by atoms with Crippen molar-refractivity contribution in [1.82, 2.24) is 67.5 Å². The van der Waals surface area contributed by atoms with Gasteiger partial charge in [0.25, 0.3) is 0 Å². The third kappa shape index (κ3) is 31.7. The molecule has 0 bridgehead atoms. The van der Waals surface area contributed by atoms with Crippen LogP contribution < -0.4 is 59.3 Å². The lowest BCUT2D eigenvalue weighted by Gasteiger charge is -2.30. The van der Waals surface area contributed by atoms with Gasteiger partial charge in [-0.2, -0.15) is 0 Å². The number of benzene rings is 3. The number of carbonyl (C=O) groups is 13. The van der Waals surface area contributed by atoms with E-state index in [1.807, 2.05) is 0 Å². The van der Waals surface area contributed by atoms with Gasteiger partial charge < -0.3 is 104 Å². The topological polar surface area (TPSA) is 562 Å². The van der Waals surface area contributed by atoms with Gasteiger partial charge >= 0.3 is 40.6 Å². The van der Waals surface area contributed by atoms with E-state index in [2.05, 4.69) is 57.8 Å². The van der Waals surface area contributed by atoms with Crippen LogP contribution in [0.1, 0.15) is 94.7 Å². The SMILES string of the molecule is CC(C)C[C@H](NC(=O)[C@H](Cc1ccc(O)cc1)NC(=O)C(CCCN=C(N)N)NC(=O)C(CO)NC(=O)C(Cc1ccccc1)NC(=O)[C@H](CC1CCCCC1)NC(=O)[C@H](CC(=O)O)NC(=O)CN1CCN(CC(=O)O)CCN(CC(=O)O)CC1)C(=O)N[C@@H](Cc1c[nH]c2ccccc12)C(=O)N[C@@H](CO)C(=O)O.[18F][Al]. The lowest BCUT2D eigenvalue weighted by Crippen LogP contribution is -2.61. The lowest BCUT2D eigenvalue weighted by atomic mass is 9.84. The van der Waals surface area contributed by atoms with Crippen LogP contribution in [-0.2, 0) is 81.6 Å². The molecule has 21 N–H and O–H groups in total. The fourth-order valence-corrected chi connectivity index (χ4v) is 12.8. The molecule has 9 atom stereocenters. The minimum Gasteiger partial charge on any atom is -0.508 e. The van der Waals surface area contributed by atoms with Gasteiger partial charge in [0.2, 0.25) is 53.2 Å². The second kappa shape index (κ2) is 46.9. The molecule has 9 amide bonds. The Hall–Kier alpha value is -10.4. The van der Waals surface area contributed by atoms with Gasteiger partial charge in [0, 0.05) is 82.2 Å². The normalized spacial score (nSPS) is 16.2. The van der Waals surface area contributed by atoms with Crippen molar-refractivity contribution in [2.45, 2.75) is 152 Å². The van der Waals surface area contributed by atoms with Gasteiger partial charge in [-0.05, 0) is 72.4 Å². The van der Waals surface area contributed by atoms with Crippen molar-refractivity contribution in [2.24, 2.45) is 28.3 Å². The largest absolute Gasteiger partial charge is 0.508 e. The van der Waals surface area contributed by atoms with Gasteiger partial charge in [0.15, 0.2) is 5.96 Å². The number of carboxylic acids is 4. The zero-order valence-corrected chi connectivity index (χ0v) is 62.6. The number of aliphatic hydroxyl groups excluding tert-OH is 2. The first kappa shape index (κ1) is 90.3. The number of rotatable bonds is 42. The molecule has 2 heterocycles. The van der Waals surface area contributed by atoms with Crippen molar-refractivity contribution in [1.29, 1.82) is 0 Å². The number of carbonyl (C=O) groups excluding carboxylic acids is 9. The Morgan fingerprint density at radius 3 is 1.46 bits per heavy atom. The number of nitrogens with zero attached hydrogens (tertiary/aromatic N) is 4. The van der Waals surface area contributed by atoms with Gasteiger partial charge in [0.05, 0.1) is 39.3 Å². The van der Waals surface area contributed by atoms with Crippen LogP contribution in [0.15, 0.2) is 90.1 Å². The van der Waals surface area contributed by atoms with Crippen LogP contribution in [0.3, 0.4) is 0 Å². The van der Waals surface area contributed by atoms with Crippen molar-refractivity contribution < 1.29 is 102 Å². The molecule has 6 rings (SSSR count). The summed E-state index contributed by atoms with van der Waals surface area (Å²) in [5, 5.41) is 93.4. The van der Waals surface area contributed by atoms with Gasteiger partial charge in [-0.25, -0.2) is 4.79 Å². The summed E-state index contributed by atoms with van der Waals surface area (Å²) in [6.45, 7) is 1.19. The highest BCUT2D eigenvalue weighted by Gasteiger charge is 2.38. The van der Waals surface area contributed by atoms with Crippen molar-refractivity contribution in [3.05, 3.63) is 102 Å². The minimum atomic E-state index is -1.87. The number of halogens is 1. The van der Waals surface area contributed by atoms with Crippen molar-refractivity contribution in [2.75, 3.05) is 78.7 Å². The van der Waals surface area contributed by atoms with E-state index in [4.69, 9.17) is 11.5 Å². The number of fused-ring (bicyclic) bond motifs is 1. The number of amides is 9. The molecule has 1 saturated heterocycles. The Morgan fingerprint density at radius 1 is 0.509 bits per heavy atom. The van der Waals surface area contributed by atoms with Crippen molar-refractivity contribution >= 4 is 111 Å². The molecule has 2 fully saturated rings. The van der Waals surface area contributed by atoms with Gasteiger partial charge in [-0.1, -0.05) is 107 Å². The Morgan fingerprint density at radius 2 is 0.945 bits per heavy atom. The third-order valence-electron chi connectivity index (χ3n) is 18.4. The summed E-state index contributed by atoms with van der Waals surface area (Å²) < 4.78 is 9.42. The number of nitrogens with two attached hydrogens (primary N) is 2. The predicted molar refractivity (Wildman–Crippen MR) is 397 cm³/mol. The average Bonchev–Trinajstić information content (AvgIpc) is 1.46. The number of aliphatic carboxylic acids is 4. The molecular weight excluding hydrogens is 1450 g/mol. The lowest BCUT2D eigenvalue weighted by molar-refractivity contribution is -0.143. The summed E-state index contributed by atoms with van der Waals surface area (Å²) in [4.78, 5) is 190. The molecule has 1 aliphatic carbocycles. The average molecular weight is 1560 g/mol. The number of aliphatic hydroxyl groups is 2. The van der Waals surface area contributed by atoms with Crippen LogP contribution in [0.2, 0.25) is 0 Å². The molecular formula is C72H102AlFN16O20. The first-order valence-electron chi connectivity index (χ1n) is 36.1. The maximum atomic E-state index is 14.9. The standard InChI is InChI=1S/C72H102N16O20.Al.FH/c1-42(2)30-51(64(100)83-55(68(104)85-58(41-90)71(107)108)34-46-36-76-49-17-10-9-16-48(46)49)79-65(101)54(33-45-19-21-47(91)22-20-45)80-63(99)50(18-11-23-75-72(73)74)78-70(106)57(40-89)84-67(103)53(32-44-14-7-4-8-15-44)81-66(102)52(31-43-12-5-3-6-13-43)82-69(105)56(35-60(93)94)77-59(92)37-86-24-26-87(38-61(95)96)28-29-88(27-25-86)39-62(97)98;;/h4,7-10,14-17,19-22,36,42-43,50-58,76,89-91H,3,5-6,11-13,18,23-35,37-41H2,1-2H3,(H,77,92)(H,78,106)(H,79,101)(H,80,99)(H,81,102)(H,82,105)(H,83,100)(H,84,103)(H,85,104)(H,93,94)(H,95,96)(H,97,98)(H,107,108)(H4,73,74,75);;1H/q;+1;/p-1/t50?,51-,52-,53?,54-,55-,56-,57?,58-;;/m0../s1/i;;1-1. The number of hydrogen-bond acceptors (Lipinski definition) is 20. The van der Waals surface area contributed by atoms with Crippen LogP contribution in [0.5, 0.6) is 5.75 Å². The summed E-state index contributed by atoms with van der Waals surface area (Å²) >= 11 is 0.917. The zero-order valence-electron chi connectivity index (χ0n) is 61.4. The fraction of sp³-hybridized carbons (Fsp3) is 0.528. The number of para-hydroxylation sites is 1. The smallest absolute Gasteiger partial charge is 0.447 e. The summed E-state index contributed by atoms with van der Waals surface area (Å²) in [7, 11) is 0. The molecule has 4 aromatic rings. The molecule has 1 saturated carbocycles. The maximum Gasteiger partial charge on any atom is 0.447 e. The van der Waals surface area contributed by atoms with E-state index < -0.39 is 158 Å². The highest BCUT2D eigenvalue weighted by molar-refractivity contribution is 5.99. The second-order valence-corrected chi connectivity index (χ2v) is 27.5. The molecule has 36 nitrogen and oxygen atoms in total. The summed E-state index contributed by atoms with van der Waals surface area (Å²) in [5.74, 6) is -15.1. The summed E-state index contributed by atoms with van der Waals surface area (Å²) in [6, 6.07) is 6.33. The van der Waals surface area contributed by atoms with Gasteiger partial charge in [-0.15, -0.1) is 0 Å². The molecule has 3 unspecified atom stereocenters. The highest BCUT2D eigenvalue weighted by atomic mass is 27.1. The quantitative estimate of drug-likeness (QED) is 0.00910. The number of aromatic nitrogens is 1. The Kier molecular flexibility index (Phi) is 38.5. The fourth-order valence-electron chi connectivity index (χ4n) is 12.8. The Labute approximate surface area is 643 Å². The van der Waals surface area contributed by atoms with Gasteiger partial charge in [0.1, 0.15) is 60.1 Å². The highest BCUT2D eigenvalue weighted by Crippen LogP contribution is 2.28. The molecule has 2 aliphatic rings. The number of aromatic amines is 1. The maximum absolute atomic E-state index is 14.9. The third-order valence-corrected chi connectivity index (χ3v) is 18.4. The van der Waals surface area contributed by atoms with Crippen LogP contribution >= 0.6 is 0 Å². The van der Waals surface area contributed by atoms with Crippen molar-refractivity contribution in [3.8, 4) is 5.75 Å². The van der Waals surface area contributed by atoms with E-state index in [-0.39, 0.29) is 127 Å². The molecule has 2 radical (unpaired) electrons. The first-order chi connectivity index (χ1) is 52.5. The number of H-pyrrole nitrogens is 1. The molecule has 38 heteroatoms. The van der Waals surface area contributed by atoms with E-state index in [1.165, 1.54) is 24.3 Å². The van der Waals surface area contributed by atoms with E-state index >= 15 is 0 Å².